The molecule has 0 radical (unpaired) electrons. The Kier molecular flexibility index (Phi) is 3.03. The number of aliphatic hydroxyl groups excluding tert-OH is 1. The van der Waals surface area contributed by atoms with Gasteiger partial charge in [0.15, 0.2) is 0 Å². The first kappa shape index (κ1) is 13.3. The number of aliphatic hydroxyl groups is 1. The van der Waals surface area contributed by atoms with Crippen LogP contribution in [0.5, 0.6) is 0 Å². The molecule has 4 bridgehead atoms. The normalized spacial score (nSPS) is 36.7. The van der Waals surface area contributed by atoms with Crippen LogP contribution >= 0.6 is 0 Å². The number of pyridine rings is 1. The number of carbonyl (C=O) groups is 1. The third-order valence-corrected chi connectivity index (χ3v) is 5.81. The molecule has 0 atom stereocenters. The van der Waals surface area contributed by atoms with Gasteiger partial charge in [0.1, 0.15) is 5.82 Å². The van der Waals surface area contributed by atoms with Gasteiger partial charge >= 0.3 is 0 Å². The second-order valence-corrected chi connectivity index (χ2v) is 7.32. The second-order valence-electron chi connectivity index (χ2n) is 7.32. The summed E-state index contributed by atoms with van der Waals surface area (Å²) in [5.41, 5.74) is 0.523. The molecule has 4 aliphatic carbocycles. The predicted octanol–water partition coefficient (Wildman–Crippen LogP) is 2.73. The highest BCUT2D eigenvalue weighted by atomic mass is 16.3. The van der Waals surface area contributed by atoms with Gasteiger partial charge in [-0.05, 0) is 62.3 Å². The molecule has 2 N–H and O–H groups in total. The van der Waals surface area contributed by atoms with Crippen LogP contribution in [-0.4, -0.2) is 16.0 Å². The summed E-state index contributed by atoms with van der Waals surface area (Å²) in [6, 6.07) is 3.59. The molecule has 1 aromatic heterocycles. The molecule has 1 amide bonds. The van der Waals surface area contributed by atoms with Crippen LogP contribution in [0.1, 0.15) is 44.1 Å². The average molecular weight is 286 g/mol. The summed E-state index contributed by atoms with van der Waals surface area (Å²) in [6.07, 6.45) is 8.80. The van der Waals surface area contributed by atoms with Crippen LogP contribution in [0.4, 0.5) is 5.82 Å². The predicted molar refractivity (Wildman–Crippen MR) is 79.4 cm³/mol. The molecule has 0 saturated heterocycles. The van der Waals surface area contributed by atoms with E-state index in [4.69, 9.17) is 0 Å². The summed E-state index contributed by atoms with van der Waals surface area (Å²) in [4.78, 5) is 17.1. The van der Waals surface area contributed by atoms with Gasteiger partial charge in [-0.3, -0.25) is 4.79 Å². The van der Waals surface area contributed by atoms with Gasteiger partial charge in [0, 0.05) is 11.8 Å². The maximum atomic E-state index is 12.9. The highest BCUT2D eigenvalue weighted by Gasteiger charge is 2.54. The number of rotatable bonds is 3. The topological polar surface area (TPSA) is 62.2 Å². The largest absolute Gasteiger partial charge is 0.392 e. The van der Waals surface area contributed by atoms with Gasteiger partial charge in [0.2, 0.25) is 5.91 Å². The van der Waals surface area contributed by atoms with E-state index in [1.54, 1.807) is 12.3 Å². The van der Waals surface area contributed by atoms with Crippen molar-refractivity contribution in [2.75, 3.05) is 5.32 Å². The maximum absolute atomic E-state index is 12.9. The molecule has 21 heavy (non-hydrogen) atoms. The standard InChI is InChI=1S/C17H22N2O2/c20-10-14-2-1-3-18-15(14)19-16(21)17-7-11-4-12(8-17)6-13(5-11)9-17/h1-3,11-13,20H,4-10H2,(H,18,19,21). The van der Waals surface area contributed by atoms with Crippen molar-refractivity contribution in [2.45, 2.75) is 45.1 Å². The average Bonchev–Trinajstić information content (AvgIpc) is 2.46. The molecule has 4 heteroatoms. The lowest BCUT2D eigenvalue weighted by Crippen LogP contribution is -2.51. The maximum Gasteiger partial charge on any atom is 0.231 e. The van der Waals surface area contributed by atoms with E-state index in [9.17, 15) is 9.90 Å². The lowest BCUT2D eigenvalue weighted by Gasteiger charge is -2.55. The number of carbonyl (C=O) groups excluding carboxylic acids is 1. The van der Waals surface area contributed by atoms with Crippen molar-refractivity contribution in [3.05, 3.63) is 23.9 Å². The lowest BCUT2D eigenvalue weighted by atomic mass is 9.49. The van der Waals surface area contributed by atoms with Crippen LogP contribution in [0.2, 0.25) is 0 Å². The number of aromatic nitrogens is 1. The van der Waals surface area contributed by atoms with E-state index in [2.05, 4.69) is 10.3 Å². The molecule has 4 aliphatic rings. The van der Waals surface area contributed by atoms with Crippen LogP contribution in [0.3, 0.4) is 0 Å². The van der Waals surface area contributed by atoms with E-state index in [0.29, 0.717) is 11.4 Å². The Labute approximate surface area is 125 Å². The third kappa shape index (κ3) is 2.16. The smallest absolute Gasteiger partial charge is 0.231 e. The molecule has 4 nitrogen and oxygen atoms in total. The van der Waals surface area contributed by atoms with E-state index >= 15 is 0 Å². The minimum absolute atomic E-state index is 0.0929. The first-order chi connectivity index (χ1) is 10.2. The van der Waals surface area contributed by atoms with Crippen molar-refractivity contribution in [1.82, 2.24) is 4.98 Å². The van der Waals surface area contributed by atoms with Gasteiger partial charge in [0.05, 0.1) is 12.0 Å². The number of hydrogen-bond acceptors (Lipinski definition) is 3. The molecule has 0 aromatic carbocycles. The van der Waals surface area contributed by atoms with Gasteiger partial charge < -0.3 is 10.4 Å². The SMILES string of the molecule is O=C(Nc1ncccc1CO)C12CC3CC(CC(C3)C1)C2. The molecule has 1 aromatic rings. The summed E-state index contributed by atoms with van der Waals surface area (Å²) < 4.78 is 0. The summed E-state index contributed by atoms with van der Waals surface area (Å²) >= 11 is 0. The Bertz CT molecular complexity index is 534. The van der Waals surface area contributed by atoms with E-state index in [0.717, 1.165) is 37.0 Å². The molecule has 0 spiro atoms. The van der Waals surface area contributed by atoms with Gasteiger partial charge in [-0.1, -0.05) is 6.07 Å². The number of anilines is 1. The fraction of sp³-hybridized carbons (Fsp3) is 0.647. The number of hydrogen-bond donors (Lipinski definition) is 2. The van der Waals surface area contributed by atoms with E-state index in [1.165, 1.54) is 19.3 Å². The fourth-order valence-electron chi connectivity index (χ4n) is 5.31. The number of amides is 1. The zero-order valence-electron chi connectivity index (χ0n) is 12.2. The summed E-state index contributed by atoms with van der Waals surface area (Å²) in [5.74, 6) is 2.92. The Hall–Kier alpha value is -1.42. The first-order valence-corrected chi connectivity index (χ1v) is 8.05. The summed E-state index contributed by atoms with van der Waals surface area (Å²) in [7, 11) is 0. The highest BCUT2D eigenvalue weighted by Crippen LogP contribution is 2.60. The van der Waals surface area contributed by atoms with Gasteiger partial charge in [-0.25, -0.2) is 4.98 Å². The molecule has 0 unspecified atom stereocenters. The van der Waals surface area contributed by atoms with E-state index in [1.807, 2.05) is 6.07 Å². The molecular formula is C17H22N2O2. The Morgan fingerprint density at radius 1 is 1.24 bits per heavy atom. The molecule has 112 valence electrons. The zero-order valence-corrected chi connectivity index (χ0v) is 12.2. The summed E-state index contributed by atoms with van der Waals surface area (Å²) in [5, 5.41) is 12.4. The number of nitrogens with one attached hydrogen (secondary N) is 1. The Morgan fingerprint density at radius 2 is 1.86 bits per heavy atom. The molecule has 4 saturated carbocycles. The van der Waals surface area contributed by atoms with Crippen molar-refractivity contribution in [3.63, 3.8) is 0 Å². The van der Waals surface area contributed by atoms with Crippen LogP contribution < -0.4 is 5.32 Å². The zero-order chi connectivity index (χ0) is 14.4. The molecule has 1 heterocycles. The van der Waals surface area contributed by atoms with Crippen LogP contribution in [-0.2, 0) is 11.4 Å². The van der Waals surface area contributed by atoms with E-state index in [-0.39, 0.29) is 17.9 Å². The Balaban J connectivity index is 1.57. The highest BCUT2D eigenvalue weighted by molar-refractivity contribution is 5.95. The number of nitrogens with zero attached hydrogens (tertiary/aromatic N) is 1. The van der Waals surface area contributed by atoms with Gasteiger partial charge in [-0.2, -0.15) is 0 Å². The van der Waals surface area contributed by atoms with E-state index < -0.39 is 0 Å². The van der Waals surface area contributed by atoms with Crippen molar-refractivity contribution in [1.29, 1.82) is 0 Å². The monoisotopic (exact) mass is 286 g/mol. The minimum atomic E-state index is -0.168. The van der Waals surface area contributed by atoms with Crippen molar-refractivity contribution in [3.8, 4) is 0 Å². The Morgan fingerprint density at radius 3 is 2.43 bits per heavy atom. The van der Waals surface area contributed by atoms with Crippen molar-refractivity contribution in [2.24, 2.45) is 23.2 Å². The van der Waals surface area contributed by atoms with Crippen molar-refractivity contribution < 1.29 is 9.90 Å². The van der Waals surface area contributed by atoms with Gasteiger partial charge in [-0.15, -0.1) is 0 Å². The fourth-order valence-corrected chi connectivity index (χ4v) is 5.31. The lowest BCUT2D eigenvalue weighted by molar-refractivity contribution is -0.140. The quantitative estimate of drug-likeness (QED) is 0.898. The molecular weight excluding hydrogens is 264 g/mol. The van der Waals surface area contributed by atoms with Crippen LogP contribution in [0.25, 0.3) is 0 Å². The first-order valence-electron chi connectivity index (χ1n) is 8.05. The van der Waals surface area contributed by atoms with Crippen LogP contribution in [0, 0.1) is 23.2 Å². The molecule has 0 aliphatic heterocycles. The van der Waals surface area contributed by atoms with Crippen LogP contribution in [0.15, 0.2) is 18.3 Å². The summed E-state index contributed by atoms with van der Waals surface area (Å²) in [6.45, 7) is -0.0929. The molecule has 4 fully saturated rings. The second kappa shape index (κ2) is 4.80. The molecule has 5 rings (SSSR count). The van der Waals surface area contributed by atoms with Crippen molar-refractivity contribution >= 4 is 11.7 Å². The minimum Gasteiger partial charge on any atom is -0.392 e. The van der Waals surface area contributed by atoms with Gasteiger partial charge in [0.25, 0.3) is 0 Å². The third-order valence-electron chi connectivity index (χ3n) is 5.81.